The van der Waals surface area contributed by atoms with Gasteiger partial charge in [0.1, 0.15) is 0 Å². The van der Waals surface area contributed by atoms with Crippen molar-refractivity contribution < 1.29 is 452 Å². The van der Waals surface area contributed by atoms with Crippen molar-refractivity contribution in [3.05, 3.63) is 0 Å². The van der Waals surface area contributed by atoms with Gasteiger partial charge in [0.25, 0.3) is 70.4 Å². The molecule has 0 rings (SSSR count). The van der Waals surface area contributed by atoms with E-state index >= 15 is 0 Å². The molecule has 0 aliphatic carbocycles. The van der Waals surface area contributed by atoms with Gasteiger partial charge < -0.3 is 130 Å². The summed E-state index contributed by atoms with van der Waals surface area (Å²) in [5.74, 6) is 0. The molecular formula is O48P15Y7. The average molecular weight is 1850 g/mol. The molecule has 0 aliphatic rings. The maximum atomic E-state index is 10.7. The summed E-state index contributed by atoms with van der Waals surface area (Å²) in [5.41, 5.74) is 0. The maximum Gasteiger partial charge on any atom is 3.00 e. The fraction of sp³-hybridized carbons (Fsp3) is 0. The molecule has 0 aromatic carbocycles. The fourth-order valence-electron chi connectivity index (χ4n) is 1.60. The van der Waals surface area contributed by atoms with E-state index in [9.17, 15) is 171 Å². The minimum atomic E-state index is -6.56. The second-order valence-corrected chi connectivity index (χ2v) is 28.9. The molecule has 0 amide bonds. The van der Waals surface area contributed by atoms with E-state index in [1.165, 1.54) is 0 Å². The number of hydrogen-bond acceptors (Lipinski definition) is 48. The van der Waals surface area contributed by atoms with E-state index in [-0.39, 0.29) is 229 Å². The Bertz CT molecular complexity index is 1930. The van der Waals surface area contributed by atoms with Crippen LogP contribution in [0.15, 0.2) is 0 Å². The Kier molecular flexibility index (Phi) is 55.5. The van der Waals surface area contributed by atoms with Crippen LogP contribution in [0.4, 0.5) is 0 Å². The Balaban J connectivity index is -0.0000000918. The zero-order chi connectivity index (χ0) is 52.0. The summed E-state index contributed by atoms with van der Waals surface area (Å²) in [5, 5.41) is 0. The van der Waals surface area contributed by atoms with Crippen LogP contribution in [0.3, 0.4) is 0 Å². The van der Waals surface area contributed by atoms with Crippen molar-refractivity contribution in [1.29, 1.82) is 0 Å². The fourth-order valence-corrected chi connectivity index (χ4v) is 16.8. The van der Waals surface area contributed by atoms with Crippen LogP contribution >= 0.6 is 117 Å². The topological polar surface area (TPSA) is 851 Å². The molecule has 0 fully saturated rings. The first kappa shape index (κ1) is 102. The molecular weight excluding hydrogens is 1850 g/mol. The van der Waals surface area contributed by atoms with Gasteiger partial charge in [-0.2, -0.15) is 0 Å². The third-order valence-electron chi connectivity index (χ3n) is 2.40. The summed E-state index contributed by atoms with van der Waals surface area (Å²) in [6.07, 6.45) is 0. The van der Waals surface area contributed by atoms with Crippen LogP contribution in [0.1, 0.15) is 0 Å². The molecule has 0 aliphatic heterocycles. The number of hydrogen-bond donors (Lipinski definition) is 0. The van der Waals surface area contributed by atoms with Gasteiger partial charge in [0.15, 0.2) is 0 Å². The molecule has 0 aromatic heterocycles. The maximum absolute atomic E-state index is 10.7. The third kappa shape index (κ3) is 68.6. The molecule has 0 radical (unpaired) electrons. The smallest absolute Gasteiger partial charge is 0.790 e. The normalized spacial score (nSPS) is 19.8. The minimum Gasteiger partial charge on any atom is -0.790 e. The van der Waals surface area contributed by atoms with Gasteiger partial charge in [-0.3, -0.25) is 66.9 Å². The Hall–Kier alpha value is 9.86. The van der Waals surface area contributed by atoms with Crippen molar-refractivity contribution in [2.75, 3.05) is 0 Å². The SMILES string of the molecule is O=P([O-])([O-])OP(=O)([O-])OP(=O)([O-])OP(=O)([O-])OP(=O)([O-])[O-].O=P([O-])([O-])OP(=O)([O-])OP(=O)([O-])OP(=O)([O-])OP(=O)([O-])[O-].O=P([O-])([O-])OP(=O)([O-])OP(=O)([O-])OP(=O)([O-])OP(=O)([O-])[O-].[Y+3].[Y+3].[Y+3].[Y+3].[Y+3].[Y+3].[Y+3]. The average Bonchev–Trinajstić information content (AvgIpc) is 2.68. The monoisotopic (exact) mass is 1850 g/mol. The molecule has 0 heterocycles. The number of rotatable bonds is 24. The van der Waals surface area contributed by atoms with Gasteiger partial charge in [-0.05, 0) is 0 Å². The molecule has 48 nitrogen and oxygen atoms in total. The van der Waals surface area contributed by atoms with Crippen LogP contribution in [0.25, 0.3) is 0 Å². The van der Waals surface area contributed by atoms with Crippen molar-refractivity contribution in [3.8, 4) is 0 Å². The molecule has 70 heteroatoms. The molecule has 6 atom stereocenters. The quantitative estimate of drug-likeness (QED) is 0.0810. The summed E-state index contributed by atoms with van der Waals surface area (Å²) in [6, 6.07) is 0. The van der Waals surface area contributed by atoms with Crippen molar-refractivity contribution in [1.82, 2.24) is 0 Å². The van der Waals surface area contributed by atoms with Crippen LogP contribution in [0.2, 0.25) is 0 Å². The van der Waals surface area contributed by atoms with Crippen LogP contribution in [0, 0.1) is 0 Å². The molecule has 384 valence electrons. The van der Waals surface area contributed by atoms with E-state index in [4.69, 9.17) is 0 Å². The summed E-state index contributed by atoms with van der Waals surface area (Å²) in [7, 11) is -96.2. The van der Waals surface area contributed by atoms with Gasteiger partial charge in [0.05, 0.1) is 46.9 Å². The first-order valence-electron chi connectivity index (χ1n) is 11.0. The summed E-state index contributed by atoms with van der Waals surface area (Å²) < 4.78 is 188. The van der Waals surface area contributed by atoms with Crippen LogP contribution in [-0.4, -0.2) is 0 Å². The zero-order valence-corrected chi connectivity index (χ0v) is 63.6. The third-order valence-corrected chi connectivity index (χ3v) is 21.6. The summed E-state index contributed by atoms with van der Waals surface area (Å²) >= 11 is 0. The van der Waals surface area contributed by atoms with E-state index < -0.39 is 117 Å². The molecule has 0 saturated heterocycles. The molecule has 0 bridgehead atoms. The van der Waals surface area contributed by atoms with Gasteiger partial charge >= 0.3 is 229 Å². The Morgan fingerprint density at radius 3 is 0.257 bits per heavy atom. The van der Waals surface area contributed by atoms with Crippen molar-refractivity contribution in [2.24, 2.45) is 0 Å². The van der Waals surface area contributed by atoms with Crippen molar-refractivity contribution >= 4 is 117 Å². The van der Waals surface area contributed by atoms with Gasteiger partial charge in [0.2, 0.25) is 0 Å². The molecule has 6 unspecified atom stereocenters. The predicted molar refractivity (Wildman–Crippen MR) is 127 cm³/mol. The zero-order valence-electron chi connectivity index (χ0n) is 30.3. The Morgan fingerprint density at radius 1 is 0.143 bits per heavy atom. The predicted octanol–water partition coefficient (Wildman–Crippen LogP) is -14.7. The Labute approximate surface area is 559 Å². The van der Waals surface area contributed by atoms with E-state index in [1.54, 1.807) is 0 Å². The van der Waals surface area contributed by atoms with Crippen molar-refractivity contribution in [2.45, 2.75) is 0 Å². The first-order valence-corrected chi connectivity index (χ1v) is 32.9. The first-order chi connectivity index (χ1) is 26.5. The van der Waals surface area contributed by atoms with Gasteiger partial charge in [-0.15, -0.1) is 0 Å². The number of phosphoric acid groups is 15. The van der Waals surface area contributed by atoms with Gasteiger partial charge in [-0.1, -0.05) is 0 Å². The van der Waals surface area contributed by atoms with Crippen LogP contribution in [-0.2, 0) is 349 Å². The summed E-state index contributed by atoms with van der Waals surface area (Å²) in [4.78, 5) is 215. The van der Waals surface area contributed by atoms with E-state index in [2.05, 4.69) is 51.7 Å². The van der Waals surface area contributed by atoms with Gasteiger partial charge in [-0.25, -0.2) is 25.9 Å². The second kappa shape index (κ2) is 38.2. The Morgan fingerprint density at radius 2 is 0.200 bits per heavy atom. The molecule has 0 aromatic rings. The molecule has 0 N–H and O–H groups in total. The molecule has 0 spiro atoms. The largest absolute Gasteiger partial charge is 3.00 e. The van der Waals surface area contributed by atoms with Crippen LogP contribution in [0.5, 0.6) is 0 Å². The van der Waals surface area contributed by atoms with E-state index in [0.29, 0.717) is 0 Å². The molecule has 70 heavy (non-hydrogen) atoms. The van der Waals surface area contributed by atoms with Gasteiger partial charge in [0, 0.05) is 0 Å². The van der Waals surface area contributed by atoms with Crippen molar-refractivity contribution in [3.63, 3.8) is 0 Å². The summed E-state index contributed by atoms with van der Waals surface area (Å²) in [6.45, 7) is 0. The van der Waals surface area contributed by atoms with E-state index in [1.807, 2.05) is 0 Å². The standard InChI is InChI=1S/3H7O16P5.7Y/c3*1-17(2,3)13-19(7,8)15-21(11,12)16-20(9,10)14-18(4,5)6;;;;;;;/h3*(H,7,8)(H,9,10)(H,11,12)(H2,1,2,3)(H2,4,5,6);;;;;;;/q;;;7*+3/p-21. The minimum absolute atomic E-state index is 0. The molecule has 0 saturated carbocycles. The van der Waals surface area contributed by atoms with Crippen LogP contribution < -0.4 is 103 Å². The van der Waals surface area contributed by atoms with E-state index in [0.717, 1.165) is 0 Å². The second-order valence-electron chi connectivity index (χ2n) is 7.69.